The molecule has 0 unspecified atom stereocenters. The van der Waals surface area contributed by atoms with Crippen molar-refractivity contribution in [2.75, 3.05) is 0 Å². The molecule has 5 heteroatoms. The topological polar surface area (TPSA) is 39.2 Å². The number of carbonyl (C=O) groups excluding carboxylic acids is 1. The van der Waals surface area contributed by atoms with Crippen molar-refractivity contribution in [1.29, 1.82) is 0 Å². The number of aromatic nitrogens is 1. The quantitative estimate of drug-likeness (QED) is 0.626. The van der Waals surface area contributed by atoms with Gasteiger partial charge in [0.15, 0.2) is 0 Å². The monoisotopic (exact) mass is 343 g/mol. The molecule has 0 aliphatic rings. The lowest BCUT2D eigenvalue weighted by Gasteiger charge is -2.08. The third-order valence-electron chi connectivity index (χ3n) is 3.50. The summed E-state index contributed by atoms with van der Waals surface area (Å²) < 4.78 is 5.40. The second-order valence-corrected chi connectivity index (χ2v) is 7.19. The Bertz CT molecular complexity index is 806. The predicted molar refractivity (Wildman–Crippen MR) is 94.8 cm³/mol. The van der Waals surface area contributed by atoms with E-state index in [4.69, 9.17) is 4.74 Å². The summed E-state index contributed by atoms with van der Waals surface area (Å²) in [4.78, 5) is 17.7. The highest BCUT2D eigenvalue weighted by Crippen LogP contribution is 2.28. The smallest absolute Gasteiger partial charge is 0.312 e. The molecule has 0 radical (unpaired) electrons. The van der Waals surface area contributed by atoms with Gasteiger partial charge in [-0.2, -0.15) is 0 Å². The summed E-state index contributed by atoms with van der Waals surface area (Å²) in [6.45, 7) is 4.37. The van der Waals surface area contributed by atoms with E-state index >= 15 is 0 Å². The lowest BCUT2D eigenvalue weighted by Crippen LogP contribution is -2.09. The molecule has 0 bridgehead atoms. The number of thiophene rings is 1. The molecule has 0 aliphatic heterocycles. The molecule has 0 saturated heterocycles. The van der Waals surface area contributed by atoms with Crippen LogP contribution in [0.5, 0.6) is 0 Å². The maximum atomic E-state index is 12.0. The SMILES string of the molecule is Cc1ccc(C)c(COC(=O)Cc2csc(-c3cccs3)n2)c1. The minimum atomic E-state index is -0.242. The molecule has 2 aromatic heterocycles. The molecule has 3 rings (SSSR count). The number of hydrogen-bond donors (Lipinski definition) is 0. The number of aryl methyl sites for hydroxylation is 2. The van der Waals surface area contributed by atoms with Crippen molar-refractivity contribution in [1.82, 2.24) is 4.98 Å². The maximum Gasteiger partial charge on any atom is 0.312 e. The fourth-order valence-electron chi connectivity index (χ4n) is 2.21. The van der Waals surface area contributed by atoms with E-state index in [2.05, 4.69) is 17.1 Å². The van der Waals surface area contributed by atoms with E-state index < -0.39 is 0 Å². The van der Waals surface area contributed by atoms with Gasteiger partial charge < -0.3 is 4.74 Å². The van der Waals surface area contributed by atoms with Crippen molar-refractivity contribution >= 4 is 28.6 Å². The van der Waals surface area contributed by atoms with Crippen LogP contribution in [0.15, 0.2) is 41.1 Å². The van der Waals surface area contributed by atoms with E-state index in [1.807, 2.05) is 42.8 Å². The average molecular weight is 343 g/mol. The number of esters is 1. The van der Waals surface area contributed by atoms with Crippen LogP contribution in [-0.2, 0) is 22.6 Å². The molecule has 118 valence electrons. The first-order chi connectivity index (χ1) is 11.1. The maximum absolute atomic E-state index is 12.0. The van der Waals surface area contributed by atoms with E-state index in [9.17, 15) is 4.79 Å². The van der Waals surface area contributed by atoms with Gasteiger partial charge in [0.05, 0.1) is 17.0 Å². The largest absolute Gasteiger partial charge is 0.461 e. The molecule has 0 saturated carbocycles. The minimum absolute atomic E-state index is 0.215. The summed E-state index contributed by atoms with van der Waals surface area (Å²) in [6, 6.07) is 10.2. The lowest BCUT2D eigenvalue weighted by atomic mass is 10.1. The van der Waals surface area contributed by atoms with Crippen LogP contribution in [0.2, 0.25) is 0 Å². The van der Waals surface area contributed by atoms with Crippen molar-refractivity contribution in [2.24, 2.45) is 0 Å². The van der Waals surface area contributed by atoms with Gasteiger partial charge in [-0.25, -0.2) is 4.98 Å². The normalized spacial score (nSPS) is 10.7. The van der Waals surface area contributed by atoms with Crippen molar-refractivity contribution in [3.63, 3.8) is 0 Å². The first kappa shape index (κ1) is 15.9. The summed E-state index contributed by atoms with van der Waals surface area (Å²) in [7, 11) is 0. The number of ether oxygens (including phenoxy) is 1. The van der Waals surface area contributed by atoms with E-state index in [1.165, 1.54) is 5.56 Å². The minimum Gasteiger partial charge on any atom is -0.461 e. The Balaban J connectivity index is 1.58. The molecule has 0 fully saturated rings. The zero-order valence-corrected chi connectivity index (χ0v) is 14.7. The molecule has 0 amide bonds. The molecule has 0 atom stereocenters. The molecule has 0 aliphatic carbocycles. The Morgan fingerprint density at radius 2 is 2.09 bits per heavy atom. The number of hydrogen-bond acceptors (Lipinski definition) is 5. The average Bonchev–Trinajstić information content (AvgIpc) is 3.19. The molecule has 0 spiro atoms. The van der Waals surface area contributed by atoms with Crippen molar-refractivity contribution in [3.8, 4) is 9.88 Å². The van der Waals surface area contributed by atoms with Crippen LogP contribution in [0.25, 0.3) is 9.88 Å². The molecule has 0 N–H and O–H groups in total. The first-order valence-electron chi connectivity index (χ1n) is 7.32. The van der Waals surface area contributed by atoms with Gasteiger partial charge in [0.2, 0.25) is 0 Å². The van der Waals surface area contributed by atoms with Crippen LogP contribution < -0.4 is 0 Å². The Morgan fingerprint density at radius 1 is 1.22 bits per heavy atom. The molecular formula is C18H17NO2S2. The second kappa shape index (κ2) is 7.06. The van der Waals surface area contributed by atoms with Crippen LogP contribution in [0, 0.1) is 13.8 Å². The van der Waals surface area contributed by atoms with Gasteiger partial charge in [0.25, 0.3) is 0 Å². The lowest BCUT2D eigenvalue weighted by molar-refractivity contribution is -0.144. The molecular weight excluding hydrogens is 326 g/mol. The van der Waals surface area contributed by atoms with Crippen LogP contribution in [0.4, 0.5) is 0 Å². The van der Waals surface area contributed by atoms with Gasteiger partial charge in [-0.15, -0.1) is 22.7 Å². The van der Waals surface area contributed by atoms with Gasteiger partial charge >= 0.3 is 5.97 Å². The summed E-state index contributed by atoms with van der Waals surface area (Å²) in [6.07, 6.45) is 0.215. The zero-order chi connectivity index (χ0) is 16.2. The summed E-state index contributed by atoms with van der Waals surface area (Å²) in [5.74, 6) is -0.242. The van der Waals surface area contributed by atoms with Gasteiger partial charge in [0, 0.05) is 5.38 Å². The van der Waals surface area contributed by atoms with Crippen LogP contribution in [0.3, 0.4) is 0 Å². The summed E-state index contributed by atoms with van der Waals surface area (Å²) in [5, 5.41) is 4.90. The van der Waals surface area contributed by atoms with E-state index in [1.54, 1.807) is 22.7 Å². The van der Waals surface area contributed by atoms with Crippen molar-refractivity contribution in [2.45, 2.75) is 26.9 Å². The van der Waals surface area contributed by atoms with Crippen molar-refractivity contribution < 1.29 is 9.53 Å². The Labute approximate surface area is 143 Å². The van der Waals surface area contributed by atoms with Gasteiger partial charge in [-0.3, -0.25) is 4.79 Å². The van der Waals surface area contributed by atoms with Crippen LogP contribution in [0.1, 0.15) is 22.4 Å². The number of nitrogens with zero attached hydrogens (tertiary/aromatic N) is 1. The first-order valence-corrected chi connectivity index (χ1v) is 9.08. The number of thiazole rings is 1. The fraction of sp³-hybridized carbons (Fsp3) is 0.222. The highest BCUT2D eigenvalue weighted by molar-refractivity contribution is 7.20. The Morgan fingerprint density at radius 3 is 2.87 bits per heavy atom. The van der Waals surface area contributed by atoms with Crippen LogP contribution >= 0.6 is 22.7 Å². The Kier molecular flexibility index (Phi) is 4.88. The van der Waals surface area contributed by atoms with E-state index in [-0.39, 0.29) is 12.4 Å². The molecule has 2 heterocycles. The molecule has 23 heavy (non-hydrogen) atoms. The van der Waals surface area contributed by atoms with E-state index in [0.29, 0.717) is 6.61 Å². The van der Waals surface area contributed by atoms with E-state index in [0.717, 1.165) is 26.7 Å². The molecule has 3 aromatic rings. The predicted octanol–water partition coefficient (Wildman–Crippen LogP) is 4.77. The highest BCUT2D eigenvalue weighted by Gasteiger charge is 2.11. The van der Waals surface area contributed by atoms with Crippen LogP contribution in [-0.4, -0.2) is 11.0 Å². The van der Waals surface area contributed by atoms with Crippen molar-refractivity contribution in [3.05, 3.63) is 63.5 Å². The summed E-state index contributed by atoms with van der Waals surface area (Å²) >= 11 is 3.21. The Hall–Kier alpha value is -1.98. The fourth-order valence-corrected chi connectivity index (χ4v) is 3.85. The van der Waals surface area contributed by atoms with Gasteiger partial charge in [-0.05, 0) is 36.4 Å². The third kappa shape index (κ3) is 4.06. The zero-order valence-electron chi connectivity index (χ0n) is 13.0. The molecule has 1 aromatic carbocycles. The number of carbonyl (C=O) groups is 1. The number of benzene rings is 1. The van der Waals surface area contributed by atoms with Gasteiger partial charge in [0.1, 0.15) is 11.6 Å². The third-order valence-corrected chi connectivity index (χ3v) is 5.43. The molecule has 3 nitrogen and oxygen atoms in total. The highest BCUT2D eigenvalue weighted by atomic mass is 32.1. The van der Waals surface area contributed by atoms with Gasteiger partial charge in [-0.1, -0.05) is 29.8 Å². The summed E-state index contributed by atoms with van der Waals surface area (Å²) in [5.41, 5.74) is 4.12. The number of rotatable bonds is 5. The second-order valence-electron chi connectivity index (χ2n) is 5.39. The standard InChI is InChI=1S/C18H17NO2S2/c1-12-5-6-13(2)14(8-12)10-21-17(20)9-15-11-23-18(19-15)16-4-3-7-22-16/h3-8,11H,9-10H2,1-2H3.